The molecule has 2 amide bonds. The number of hydrogen-bond donors (Lipinski definition) is 3. The molecule has 0 atom stereocenters. The number of ether oxygens (including phenoxy) is 1. The number of carbonyl (C=O) groups excluding carboxylic acids is 2. The minimum atomic E-state index is -3.86. The number of amides is 2. The molecule has 14 heteroatoms. The fourth-order valence-corrected chi connectivity index (χ4v) is 4.95. The Morgan fingerprint density at radius 1 is 1.21 bits per heavy atom. The summed E-state index contributed by atoms with van der Waals surface area (Å²) in [5.41, 5.74) is 5.81. The SMILES string of the molecule is CCOc1ncc(S(=O)(=O)N2CCN(CC)CC2)cc1C(=O)Nc1c(CC)n[nH]c1C(N)=O.Cl. The minimum absolute atomic E-state index is 0. The van der Waals surface area contributed by atoms with Gasteiger partial charge in [0.15, 0.2) is 0 Å². The number of aromatic nitrogens is 3. The first kappa shape index (κ1) is 27.5. The van der Waals surface area contributed by atoms with Crippen molar-refractivity contribution in [2.24, 2.45) is 5.73 Å². The molecule has 0 radical (unpaired) electrons. The summed E-state index contributed by atoms with van der Waals surface area (Å²) in [4.78, 5) is 31.0. The summed E-state index contributed by atoms with van der Waals surface area (Å²) in [6, 6.07) is 1.24. The lowest BCUT2D eigenvalue weighted by atomic mass is 10.2. The van der Waals surface area contributed by atoms with Gasteiger partial charge in [-0.1, -0.05) is 13.8 Å². The van der Waals surface area contributed by atoms with Crippen LogP contribution in [0.2, 0.25) is 0 Å². The van der Waals surface area contributed by atoms with Crippen LogP contribution in [0.25, 0.3) is 0 Å². The number of primary amides is 1. The topological polar surface area (TPSA) is 164 Å². The van der Waals surface area contributed by atoms with Gasteiger partial charge in [0.1, 0.15) is 16.2 Å². The van der Waals surface area contributed by atoms with Gasteiger partial charge < -0.3 is 20.7 Å². The van der Waals surface area contributed by atoms with Crippen LogP contribution in [-0.4, -0.2) is 83.9 Å². The highest BCUT2D eigenvalue weighted by molar-refractivity contribution is 7.89. The molecule has 0 bridgehead atoms. The van der Waals surface area contributed by atoms with Crippen molar-refractivity contribution in [2.75, 3.05) is 44.6 Å². The van der Waals surface area contributed by atoms with E-state index in [-0.39, 0.29) is 46.7 Å². The number of halogens is 1. The van der Waals surface area contributed by atoms with E-state index in [1.165, 1.54) is 16.6 Å². The van der Waals surface area contributed by atoms with Crippen molar-refractivity contribution in [3.05, 3.63) is 29.2 Å². The van der Waals surface area contributed by atoms with Crippen molar-refractivity contribution < 1.29 is 22.7 Å². The van der Waals surface area contributed by atoms with Gasteiger partial charge in [0.25, 0.3) is 11.8 Å². The van der Waals surface area contributed by atoms with E-state index in [0.717, 1.165) is 6.54 Å². The molecule has 2 aromatic heterocycles. The third kappa shape index (κ3) is 5.66. The van der Waals surface area contributed by atoms with Crippen molar-refractivity contribution in [3.8, 4) is 5.88 Å². The Hall–Kier alpha value is -2.74. The lowest BCUT2D eigenvalue weighted by Gasteiger charge is -2.33. The molecule has 188 valence electrons. The molecule has 2 aromatic rings. The van der Waals surface area contributed by atoms with E-state index in [0.29, 0.717) is 38.3 Å². The fraction of sp³-hybridized carbons (Fsp3) is 0.500. The number of likely N-dealkylation sites (N-methyl/N-ethyl adjacent to an activating group) is 1. The number of pyridine rings is 1. The van der Waals surface area contributed by atoms with E-state index in [9.17, 15) is 18.0 Å². The molecule has 12 nitrogen and oxygen atoms in total. The Bertz CT molecular complexity index is 1130. The molecule has 0 spiro atoms. The van der Waals surface area contributed by atoms with E-state index in [1.54, 1.807) is 13.8 Å². The maximum absolute atomic E-state index is 13.2. The number of hydrogen-bond acceptors (Lipinski definition) is 8. The van der Waals surface area contributed by atoms with Gasteiger partial charge in [0.2, 0.25) is 15.9 Å². The Morgan fingerprint density at radius 2 is 1.88 bits per heavy atom. The number of carbonyl (C=O) groups is 2. The van der Waals surface area contributed by atoms with E-state index < -0.39 is 21.8 Å². The van der Waals surface area contributed by atoms with Crippen molar-refractivity contribution in [3.63, 3.8) is 0 Å². The number of rotatable bonds is 9. The standard InChI is InChI=1S/C20H29N7O5S.ClH/c1-4-15-16(17(18(21)28)25-24-15)23-19(29)14-11-13(12-22-20(14)32-6-3)33(30,31)27-9-7-26(5-2)8-10-27;/h11-12H,4-10H2,1-3H3,(H2,21,28)(H,23,29)(H,24,25);1H. The predicted octanol–water partition coefficient (Wildman–Crippen LogP) is 0.865. The summed E-state index contributed by atoms with van der Waals surface area (Å²) in [7, 11) is -3.86. The first-order chi connectivity index (χ1) is 15.7. The van der Waals surface area contributed by atoms with Crippen LogP contribution in [0.15, 0.2) is 17.2 Å². The Balaban J connectivity index is 0.00000408. The van der Waals surface area contributed by atoms with Gasteiger partial charge in [-0.15, -0.1) is 12.4 Å². The van der Waals surface area contributed by atoms with Crippen LogP contribution < -0.4 is 15.8 Å². The fourth-order valence-electron chi connectivity index (χ4n) is 3.55. The van der Waals surface area contributed by atoms with Crippen molar-refractivity contribution in [2.45, 2.75) is 32.1 Å². The molecule has 0 saturated carbocycles. The number of sulfonamides is 1. The molecular formula is C20H30ClN7O5S. The van der Waals surface area contributed by atoms with Gasteiger partial charge in [-0.25, -0.2) is 13.4 Å². The molecule has 1 aliphatic heterocycles. The second kappa shape index (κ2) is 11.6. The maximum atomic E-state index is 13.2. The van der Waals surface area contributed by atoms with Gasteiger partial charge in [0.05, 0.1) is 24.2 Å². The van der Waals surface area contributed by atoms with Crippen molar-refractivity contribution in [1.29, 1.82) is 0 Å². The number of aryl methyl sites for hydroxylation is 1. The highest BCUT2D eigenvalue weighted by Gasteiger charge is 2.30. The molecular weight excluding hydrogens is 486 g/mol. The van der Waals surface area contributed by atoms with Crippen molar-refractivity contribution in [1.82, 2.24) is 24.4 Å². The van der Waals surface area contributed by atoms with Crippen LogP contribution in [-0.2, 0) is 16.4 Å². The number of nitrogens with two attached hydrogens (primary N) is 1. The molecule has 1 fully saturated rings. The molecule has 3 rings (SSSR count). The normalized spacial score (nSPS) is 14.9. The quantitative estimate of drug-likeness (QED) is 0.442. The summed E-state index contributed by atoms with van der Waals surface area (Å²) in [5.74, 6) is -1.51. The smallest absolute Gasteiger partial charge is 0.268 e. The van der Waals surface area contributed by atoms with Crippen LogP contribution >= 0.6 is 12.4 Å². The molecule has 3 heterocycles. The summed E-state index contributed by atoms with van der Waals surface area (Å²) >= 11 is 0. The Labute approximate surface area is 204 Å². The van der Waals surface area contributed by atoms with Gasteiger partial charge >= 0.3 is 0 Å². The average molecular weight is 516 g/mol. The van der Waals surface area contributed by atoms with E-state index in [1.807, 2.05) is 6.92 Å². The summed E-state index contributed by atoms with van der Waals surface area (Å²) in [6.07, 6.45) is 1.61. The third-order valence-corrected chi connectivity index (χ3v) is 7.29. The highest BCUT2D eigenvalue weighted by atomic mass is 35.5. The molecule has 1 saturated heterocycles. The first-order valence-corrected chi connectivity index (χ1v) is 12.2. The minimum Gasteiger partial charge on any atom is -0.477 e. The maximum Gasteiger partial charge on any atom is 0.268 e. The summed E-state index contributed by atoms with van der Waals surface area (Å²) < 4.78 is 33.2. The number of anilines is 1. The predicted molar refractivity (Wildman–Crippen MR) is 128 cm³/mol. The molecule has 0 unspecified atom stereocenters. The monoisotopic (exact) mass is 515 g/mol. The number of nitrogens with one attached hydrogen (secondary N) is 2. The molecule has 1 aliphatic rings. The zero-order chi connectivity index (χ0) is 24.2. The molecule has 0 aromatic carbocycles. The Morgan fingerprint density at radius 3 is 2.44 bits per heavy atom. The van der Waals surface area contributed by atoms with Gasteiger partial charge in [-0.05, 0) is 26.0 Å². The zero-order valence-electron chi connectivity index (χ0n) is 19.3. The van der Waals surface area contributed by atoms with Gasteiger partial charge in [-0.3, -0.25) is 14.7 Å². The van der Waals surface area contributed by atoms with E-state index >= 15 is 0 Å². The van der Waals surface area contributed by atoms with Crippen LogP contribution in [0.5, 0.6) is 5.88 Å². The van der Waals surface area contributed by atoms with Gasteiger partial charge in [-0.2, -0.15) is 9.40 Å². The second-order valence-electron chi connectivity index (χ2n) is 7.39. The first-order valence-electron chi connectivity index (χ1n) is 10.8. The van der Waals surface area contributed by atoms with Crippen molar-refractivity contribution >= 4 is 39.9 Å². The second-order valence-corrected chi connectivity index (χ2v) is 9.33. The Kier molecular flexibility index (Phi) is 9.38. The number of H-pyrrole nitrogens is 1. The number of nitrogens with zero attached hydrogens (tertiary/aromatic N) is 4. The van der Waals surface area contributed by atoms with E-state index in [4.69, 9.17) is 10.5 Å². The highest BCUT2D eigenvalue weighted by Crippen LogP contribution is 2.26. The third-order valence-electron chi connectivity index (χ3n) is 5.43. The summed E-state index contributed by atoms with van der Waals surface area (Å²) in [6.45, 7) is 8.57. The zero-order valence-corrected chi connectivity index (χ0v) is 21.0. The van der Waals surface area contributed by atoms with E-state index in [2.05, 4.69) is 25.4 Å². The van der Waals surface area contributed by atoms with Gasteiger partial charge in [0, 0.05) is 26.2 Å². The molecule has 34 heavy (non-hydrogen) atoms. The lowest BCUT2D eigenvalue weighted by Crippen LogP contribution is -2.48. The van der Waals surface area contributed by atoms with Crippen LogP contribution in [0.1, 0.15) is 47.3 Å². The average Bonchev–Trinajstić information content (AvgIpc) is 3.22. The molecule has 4 N–H and O–H groups in total. The number of piperazine rings is 1. The summed E-state index contributed by atoms with van der Waals surface area (Å²) in [5, 5.41) is 9.12. The lowest BCUT2D eigenvalue weighted by molar-refractivity contribution is 0.0996. The largest absolute Gasteiger partial charge is 0.477 e. The number of aromatic amines is 1. The van der Waals surface area contributed by atoms with Crippen LogP contribution in [0, 0.1) is 0 Å². The molecule has 0 aliphatic carbocycles. The van der Waals surface area contributed by atoms with Crippen LogP contribution in [0.4, 0.5) is 5.69 Å². The van der Waals surface area contributed by atoms with Crippen LogP contribution in [0.3, 0.4) is 0 Å².